The third-order valence-electron chi connectivity index (χ3n) is 2.49. The molecule has 2 rings (SSSR count). The minimum absolute atomic E-state index is 0.139. The van der Waals surface area contributed by atoms with Crippen molar-refractivity contribution in [1.29, 1.82) is 0 Å². The molecule has 0 unspecified atom stereocenters. The zero-order valence-corrected chi connectivity index (χ0v) is 10.6. The molecule has 0 saturated carbocycles. The summed E-state index contributed by atoms with van der Waals surface area (Å²) < 4.78 is 0. The maximum Gasteiger partial charge on any atom is 0.345 e. The largest absolute Gasteiger partial charge is 0.477 e. The van der Waals surface area contributed by atoms with Gasteiger partial charge in [0.05, 0.1) is 11.0 Å². The minimum Gasteiger partial charge on any atom is -0.477 e. The quantitative estimate of drug-likeness (QED) is 0.620. The Bertz CT molecular complexity index is 447. The fourth-order valence-electron chi connectivity index (χ4n) is 1.65. The van der Waals surface area contributed by atoms with E-state index >= 15 is 0 Å². The van der Waals surface area contributed by atoms with Gasteiger partial charge in [-0.3, -0.25) is 4.79 Å². The second-order valence-corrected chi connectivity index (χ2v) is 5.62. The van der Waals surface area contributed by atoms with E-state index < -0.39 is 5.97 Å². The van der Waals surface area contributed by atoms with Crippen LogP contribution in [0.4, 0.5) is 5.00 Å². The first kappa shape index (κ1) is 12.4. The third kappa shape index (κ3) is 2.99. The number of carbonyl (C=O) groups excluding carboxylic acids is 1. The average Bonchev–Trinajstić information content (AvgIpc) is 2.86. The lowest BCUT2D eigenvalue weighted by atomic mass is 10.2. The summed E-state index contributed by atoms with van der Waals surface area (Å²) >= 11 is 5.34. The van der Waals surface area contributed by atoms with Gasteiger partial charge in [-0.2, -0.15) is 12.6 Å². The molecule has 5 nitrogen and oxygen atoms in total. The number of nitrogens with one attached hydrogen (secondary N) is 2. The van der Waals surface area contributed by atoms with Gasteiger partial charge in [0, 0.05) is 11.8 Å². The highest BCUT2D eigenvalue weighted by Crippen LogP contribution is 2.22. The number of thiol groups is 1. The summed E-state index contributed by atoms with van der Waals surface area (Å²) in [4.78, 5) is 22.7. The molecular weight excluding hydrogens is 260 g/mol. The van der Waals surface area contributed by atoms with Gasteiger partial charge in [-0.25, -0.2) is 4.79 Å². The summed E-state index contributed by atoms with van der Waals surface area (Å²) in [7, 11) is 0. The van der Waals surface area contributed by atoms with Crippen molar-refractivity contribution in [3.8, 4) is 0 Å². The highest BCUT2D eigenvalue weighted by molar-refractivity contribution is 7.81. The van der Waals surface area contributed by atoms with Gasteiger partial charge in [-0.05, 0) is 18.6 Å². The zero-order chi connectivity index (χ0) is 12.4. The predicted octanol–water partition coefficient (Wildman–Crippen LogP) is 1.05. The average molecular weight is 272 g/mol. The SMILES string of the molecule is O=C(O)c1ccc(NC(=O)[C@@H]2C[C@H](S)CN2)s1. The van der Waals surface area contributed by atoms with Crippen LogP contribution in [0.1, 0.15) is 16.1 Å². The first-order valence-corrected chi connectivity index (χ1v) is 6.45. The van der Waals surface area contributed by atoms with Crippen LogP contribution in [0.25, 0.3) is 0 Å². The highest BCUT2D eigenvalue weighted by Gasteiger charge is 2.27. The van der Waals surface area contributed by atoms with Crippen molar-refractivity contribution in [3.05, 3.63) is 17.0 Å². The Morgan fingerprint density at radius 1 is 1.53 bits per heavy atom. The summed E-state index contributed by atoms with van der Waals surface area (Å²) in [5.41, 5.74) is 0. The van der Waals surface area contributed by atoms with Crippen LogP contribution in [0.2, 0.25) is 0 Å². The zero-order valence-electron chi connectivity index (χ0n) is 8.84. The first-order chi connectivity index (χ1) is 8.06. The molecule has 0 bridgehead atoms. The monoisotopic (exact) mass is 272 g/mol. The Kier molecular flexibility index (Phi) is 3.70. The van der Waals surface area contributed by atoms with Gasteiger partial charge in [0.2, 0.25) is 5.91 Å². The van der Waals surface area contributed by atoms with E-state index in [1.165, 1.54) is 6.07 Å². The van der Waals surface area contributed by atoms with Crippen LogP contribution in [-0.2, 0) is 4.79 Å². The van der Waals surface area contributed by atoms with Gasteiger partial charge in [0.1, 0.15) is 4.88 Å². The Balaban J connectivity index is 1.96. The normalized spacial score (nSPS) is 23.6. The Labute approximate surface area is 108 Å². The molecule has 92 valence electrons. The molecular formula is C10H12N2O3S2. The van der Waals surface area contributed by atoms with Gasteiger partial charge < -0.3 is 15.7 Å². The number of carbonyl (C=O) groups is 2. The second-order valence-electron chi connectivity index (χ2n) is 3.81. The smallest absolute Gasteiger partial charge is 0.345 e. The molecule has 0 radical (unpaired) electrons. The van der Waals surface area contributed by atoms with Crippen molar-refractivity contribution in [1.82, 2.24) is 5.32 Å². The highest BCUT2D eigenvalue weighted by atomic mass is 32.1. The molecule has 0 spiro atoms. The molecule has 2 heterocycles. The first-order valence-electron chi connectivity index (χ1n) is 5.11. The van der Waals surface area contributed by atoms with Crippen molar-refractivity contribution in [2.24, 2.45) is 0 Å². The molecule has 1 aromatic heterocycles. The number of carboxylic acid groups (broad SMARTS) is 1. The van der Waals surface area contributed by atoms with E-state index in [2.05, 4.69) is 23.3 Å². The fraction of sp³-hybridized carbons (Fsp3) is 0.400. The number of aromatic carboxylic acids is 1. The second kappa shape index (κ2) is 5.07. The maximum absolute atomic E-state index is 11.8. The Hall–Kier alpha value is -1.05. The maximum atomic E-state index is 11.8. The molecule has 2 atom stereocenters. The standard InChI is InChI=1S/C10H12N2O3S2/c13-9(6-3-5(16)4-11-6)12-8-2-1-7(17-8)10(14)15/h1-2,5-6,11,16H,3-4H2,(H,12,13)(H,14,15)/t5-,6-/m0/s1. The lowest BCUT2D eigenvalue weighted by molar-refractivity contribution is -0.117. The molecule has 1 aliphatic rings. The molecule has 0 aromatic carbocycles. The topological polar surface area (TPSA) is 78.4 Å². The molecule has 7 heteroatoms. The lowest BCUT2D eigenvalue weighted by Gasteiger charge is -2.09. The molecule has 1 amide bonds. The number of amides is 1. The summed E-state index contributed by atoms with van der Waals surface area (Å²) in [6.45, 7) is 0.714. The minimum atomic E-state index is -0.982. The lowest BCUT2D eigenvalue weighted by Crippen LogP contribution is -2.35. The van der Waals surface area contributed by atoms with E-state index in [0.29, 0.717) is 18.0 Å². The van der Waals surface area contributed by atoms with E-state index in [9.17, 15) is 9.59 Å². The summed E-state index contributed by atoms with van der Waals surface area (Å²) in [5, 5.41) is 15.3. The molecule has 1 aliphatic heterocycles. The molecule has 17 heavy (non-hydrogen) atoms. The molecule has 3 N–H and O–H groups in total. The van der Waals surface area contributed by atoms with Crippen LogP contribution in [0.15, 0.2) is 12.1 Å². The molecule has 1 saturated heterocycles. The van der Waals surface area contributed by atoms with Crippen molar-refractivity contribution < 1.29 is 14.7 Å². The van der Waals surface area contributed by atoms with Crippen molar-refractivity contribution in [3.63, 3.8) is 0 Å². The third-order valence-corrected chi connectivity index (χ3v) is 3.87. The van der Waals surface area contributed by atoms with E-state index in [1.807, 2.05) is 0 Å². The van der Waals surface area contributed by atoms with Crippen LogP contribution in [0.3, 0.4) is 0 Å². The van der Waals surface area contributed by atoms with E-state index in [-0.39, 0.29) is 22.1 Å². The Morgan fingerprint density at radius 2 is 2.29 bits per heavy atom. The number of rotatable bonds is 3. The van der Waals surface area contributed by atoms with Gasteiger partial charge in [-0.1, -0.05) is 0 Å². The molecule has 1 aromatic rings. The van der Waals surface area contributed by atoms with Crippen LogP contribution < -0.4 is 10.6 Å². The van der Waals surface area contributed by atoms with Crippen LogP contribution in [-0.4, -0.2) is 34.8 Å². The number of anilines is 1. The van der Waals surface area contributed by atoms with Crippen LogP contribution in [0, 0.1) is 0 Å². The van der Waals surface area contributed by atoms with Gasteiger partial charge in [-0.15, -0.1) is 11.3 Å². The number of carboxylic acids is 1. The van der Waals surface area contributed by atoms with E-state index in [1.54, 1.807) is 6.07 Å². The van der Waals surface area contributed by atoms with Gasteiger partial charge in [0.25, 0.3) is 0 Å². The summed E-state index contributed by atoms with van der Waals surface area (Å²) in [6.07, 6.45) is 0.687. The van der Waals surface area contributed by atoms with Gasteiger partial charge >= 0.3 is 5.97 Å². The summed E-state index contributed by atoms with van der Waals surface area (Å²) in [6, 6.07) is 2.83. The molecule has 1 fully saturated rings. The van der Waals surface area contributed by atoms with Gasteiger partial charge in [0.15, 0.2) is 0 Å². The van der Waals surface area contributed by atoms with Crippen molar-refractivity contribution in [2.75, 3.05) is 11.9 Å². The number of thiophene rings is 1. The number of hydrogen-bond donors (Lipinski definition) is 4. The molecule has 0 aliphatic carbocycles. The van der Waals surface area contributed by atoms with Crippen molar-refractivity contribution >= 4 is 40.8 Å². The predicted molar refractivity (Wildman–Crippen MR) is 69.1 cm³/mol. The van der Waals surface area contributed by atoms with Crippen LogP contribution in [0.5, 0.6) is 0 Å². The van der Waals surface area contributed by atoms with E-state index in [4.69, 9.17) is 5.11 Å². The Morgan fingerprint density at radius 3 is 2.82 bits per heavy atom. The van der Waals surface area contributed by atoms with Crippen LogP contribution >= 0.6 is 24.0 Å². The summed E-state index contributed by atoms with van der Waals surface area (Å²) in [5.74, 6) is -1.12. The van der Waals surface area contributed by atoms with Crippen molar-refractivity contribution in [2.45, 2.75) is 17.7 Å². The van der Waals surface area contributed by atoms with E-state index in [0.717, 1.165) is 11.3 Å². The fourth-order valence-corrected chi connectivity index (χ4v) is 2.71. The number of hydrogen-bond acceptors (Lipinski definition) is 5.